The molecule has 1 heterocycles. The molecule has 0 bridgehead atoms. The molecule has 4 rings (SSSR count). The second kappa shape index (κ2) is 12.6. The highest BCUT2D eigenvalue weighted by molar-refractivity contribution is 9.10. The van der Waals surface area contributed by atoms with E-state index in [-0.39, 0.29) is 11.7 Å². The molecule has 0 spiro atoms. The first kappa shape index (κ1) is 27.2. The third kappa shape index (κ3) is 6.17. The lowest BCUT2D eigenvalue weighted by Gasteiger charge is -2.15. The molecule has 0 aliphatic rings. The molecule has 4 aromatic rings. The molecule has 11 heteroatoms. The summed E-state index contributed by atoms with van der Waals surface area (Å²) < 4.78 is 19.4. The summed E-state index contributed by atoms with van der Waals surface area (Å²) in [6.07, 6.45) is 0. The van der Waals surface area contributed by atoms with Gasteiger partial charge < -0.3 is 14.2 Å². The summed E-state index contributed by atoms with van der Waals surface area (Å²) in [6.45, 7) is 1.84. The van der Waals surface area contributed by atoms with Gasteiger partial charge in [0.1, 0.15) is 0 Å². The fourth-order valence-corrected chi connectivity index (χ4v) is 4.64. The van der Waals surface area contributed by atoms with E-state index in [2.05, 4.69) is 36.7 Å². The number of halogens is 1. The number of thioether (sulfide) groups is 1. The molecule has 9 nitrogen and oxygen atoms in total. The lowest BCUT2D eigenvalue weighted by atomic mass is 10.1. The molecule has 0 saturated carbocycles. The summed E-state index contributed by atoms with van der Waals surface area (Å²) in [7, 11) is 4.67. The van der Waals surface area contributed by atoms with Crippen LogP contribution in [0.3, 0.4) is 0 Å². The number of hydrazone groups is 1. The summed E-state index contributed by atoms with van der Waals surface area (Å²) in [5.74, 6) is 1.87. The molecule has 0 atom stereocenters. The Morgan fingerprint density at radius 1 is 0.974 bits per heavy atom. The molecule has 0 saturated heterocycles. The zero-order valence-electron chi connectivity index (χ0n) is 21.3. The molecule has 1 amide bonds. The minimum atomic E-state index is -0.261. The number of ether oxygens (including phenoxy) is 3. The molecule has 0 aliphatic carbocycles. The predicted octanol–water partition coefficient (Wildman–Crippen LogP) is 5.36. The van der Waals surface area contributed by atoms with Crippen molar-refractivity contribution in [3.63, 3.8) is 0 Å². The van der Waals surface area contributed by atoms with Crippen molar-refractivity contribution in [3.8, 4) is 34.3 Å². The standard InChI is InChI=1S/C27H26BrN5O4S/c1-17(18-10-12-20(28)13-11-18)29-30-24(34)16-38-27-32-31-26(33(27)21-8-6-5-7-9-21)19-14-22(35-2)25(37-4)23(15-19)36-3/h5-15H,16H2,1-4H3,(H,30,34)/b29-17+. The number of para-hydroxylation sites is 1. The van der Waals surface area contributed by atoms with Crippen LogP contribution in [0.2, 0.25) is 0 Å². The molecule has 0 aliphatic heterocycles. The van der Waals surface area contributed by atoms with Gasteiger partial charge in [-0.1, -0.05) is 58.0 Å². The molecule has 0 fully saturated rings. The van der Waals surface area contributed by atoms with Crippen molar-refractivity contribution in [1.29, 1.82) is 0 Å². The highest BCUT2D eigenvalue weighted by Gasteiger charge is 2.21. The summed E-state index contributed by atoms with van der Waals surface area (Å²) in [4.78, 5) is 12.6. The average molecular weight is 597 g/mol. The van der Waals surface area contributed by atoms with Gasteiger partial charge in [-0.15, -0.1) is 10.2 Å². The van der Waals surface area contributed by atoms with Crippen molar-refractivity contribution in [2.75, 3.05) is 27.1 Å². The number of carbonyl (C=O) groups excluding carboxylic acids is 1. The number of carbonyl (C=O) groups is 1. The number of nitrogens with zero attached hydrogens (tertiary/aromatic N) is 4. The van der Waals surface area contributed by atoms with E-state index in [0.29, 0.717) is 39.5 Å². The first-order chi connectivity index (χ1) is 18.4. The predicted molar refractivity (Wildman–Crippen MR) is 152 cm³/mol. The lowest BCUT2D eigenvalue weighted by molar-refractivity contribution is -0.118. The van der Waals surface area contributed by atoms with E-state index in [0.717, 1.165) is 15.7 Å². The summed E-state index contributed by atoms with van der Waals surface area (Å²) >= 11 is 4.67. The Morgan fingerprint density at radius 2 is 1.63 bits per heavy atom. The van der Waals surface area contributed by atoms with Gasteiger partial charge in [0.25, 0.3) is 5.91 Å². The fraction of sp³-hybridized carbons (Fsp3) is 0.185. The van der Waals surface area contributed by atoms with Crippen LogP contribution in [0.25, 0.3) is 17.1 Å². The minimum Gasteiger partial charge on any atom is -0.493 e. The van der Waals surface area contributed by atoms with E-state index >= 15 is 0 Å². The molecule has 0 radical (unpaired) electrons. The molecule has 1 aromatic heterocycles. The van der Waals surface area contributed by atoms with Gasteiger partial charge in [-0.05, 0) is 48.9 Å². The largest absolute Gasteiger partial charge is 0.493 e. The van der Waals surface area contributed by atoms with Gasteiger partial charge in [0.05, 0.1) is 32.8 Å². The van der Waals surface area contributed by atoms with Crippen LogP contribution >= 0.6 is 27.7 Å². The Balaban J connectivity index is 1.60. The maximum absolute atomic E-state index is 12.6. The van der Waals surface area contributed by atoms with Gasteiger partial charge in [-0.25, -0.2) is 5.43 Å². The lowest BCUT2D eigenvalue weighted by Crippen LogP contribution is -2.21. The van der Waals surface area contributed by atoms with Gasteiger partial charge in [-0.3, -0.25) is 9.36 Å². The van der Waals surface area contributed by atoms with Gasteiger partial charge in [0.15, 0.2) is 22.5 Å². The van der Waals surface area contributed by atoms with E-state index < -0.39 is 0 Å². The molecule has 0 unspecified atom stereocenters. The third-order valence-corrected chi connectivity index (χ3v) is 6.97. The number of benzene rings is 3. The second-order valence-corrected chi connectivity index (χ2v) is 9.78. The van der Waals surface area contributed by atoms with Crippen molar-refractivity contribution >= 4 is 39.3 Å². The summed E-state index contributed by atoms with van der Waals surface area (Å²) in [5, 5.41) is 13.6. The van der Waals surface area contributed by atoms with Gasteiger partial charge in [0.2, 0.25) is 5.75 Å². The van der Waals surface area contributed by atoms with E-state index in [9.17, 15) is 4.79 Å². The van der Waals surface area contributed by atoms with E-state index in [1.165, 1.54) is 11.8 Å². The van der Waals surface area contributed by atoms with Crippen LogP contribution in [0.4, 0.5) is 0 Å². The third-order valence-electron chi connectivity index (χ3n) is 5.51. The Hall–Kier alpha value is -3.83. The van der Waals surface area contributed by atoms with E-state index in [1.54, 1.807) is 21.3 Å². The van der Waals surface area contributed by atoms with Crippen molar-refractivity contribution in [2.24, 2.45) is 5.10 Å². The Morgan fingerprint density at radius 3 is 2.24 bits per heavy atom. The molecule has 196 valence electrons. The van der Waals surface area contributed by atoms with Gasteiger partial charge in [-0.2, -0.15) is 5.10 Å². The Kier molecular flexibility index (Phi) is 9.03. The number of rotatable bonds is 10. The second-order valence-electron chi connectivity index (χ2n) is 7.92. The average Bonchev–Trinajstić information content (AvgIpc) is 3.38. The maximum Gasteiger partial charge on any atom is 0.250 e. The maximum atomic E-state index is 12.6. The van der Waals surface area contributed by atoms with Gasteiger partial charge in [0, 0.05) is 15.7 Å². The number of methoxy groups -OCH3 is 3. The van der Waals surface area contributed by atoms with Crippen molar-refractivity contribution in [3.05, 3.63) is 76.8 Å². The van der Waals surface area contributed by atoms with Crippen LogP contribution in [0.5, 0.6) is 17.2 Å². The minimum absolute atomic E-state index is 0.0946. The summed E-state index contributed by atoms with van der Waals surface area (Å²) in [6, 6.07) is 21.0. The van der Waals surface area contributed by atoms with Crippen molar-refractivity contribution in [1.82, 2.24) is 20.2 Å². The van der Waals surface area contributed by atoms with E-state index in [1.807, 2.05) is 78.2 Å². The highest BCUT2D eigenvalue weighted by Crippen LogP contribution is 2.41. The SMILES string of the molecule is COc1cc(-c2nnc(SCC(=O)N/N=C(\C)c3ccc(Br)cc3)n2-c2ccccc2)cc(OC)c1OC. The van der Waals surface area contributed by atoms with Crippen LogP contribution in [0.15, 0.2) is 81.5 Å². The number of aromatic nitrogens is 3. The van der Waals surface area contributed by atoms with Crippen LogP contribution in [0, 0.1) is 0 Å². The van der Waals surface area contributed by atoms with Crippen LogP contribution in [-0.4, -0.2) is 53.5 Å². The molecular weight excluding hydrogens is 570 g/mol. The zero-order valence-corrected chi connectivity index (χ0v) is 23.7. The monoisotopic (exact) mass is 595 g/mol. The van der Waals surface area contributed by atoms with Crippen molar-refractivity contribution < 1.29 is 19.0 Å². The first-order valence-corrected chi connectivity index (χ1v) is 13.3. The summed E-state index contributed by atoms with van der Waals surface area (Å²) in [5.41, 5.74) is 5.79. The highest BCUT2D eigenvalue weighted by atomic mass is 79.9. The van der Waals surface area contributed by atoms with E-state index in [4.69, 9.17) is 14.2 Å². The Labute approximate surface area is 233 Å². The normalized spacial score (nSPS) is 11.2. The smallest absolute Gasteiger partial charge is 0.250 e. The number of hydrogen-bond donors (Lipinski definition) is 1. The topological polar surface area (TPSA) is 99.9 Å². The Bertz CT molecular complexity index is 1420. The van der Waals surface area contributed by atoms with Gasteiger partial charge >= 0.3 is 0 Å². The fourth-order valence-electron chi connectivity index (χ4n) is 3.63. The number of nitrogens with one attached hydrogen (secondary N) is 1. The number of amides is 1. The molecular formula is C27H26BrN5O4S. The zero-order chi connectivity index (χ0) is 27.1. The quantitative estimate of drug-likeness (QED) is 0.150. The van der Waals surface area contributed by atoms with Crippen molar-refractivity contribution in [2.45, 2.75) is 12.1 Å². The van der Waals surface area contributed by atoms with Crippen LogP contribution in [0.1, 0.15) is 12.5 Å². The van der Waals surface area contributed by atoms with Crippen LogP contribution < -0.4 is 19.6 Å². The molecule has 3 aromatic carbocycles. The first-order valence-electron chi connectivity index (χ1n) is 11.5. The van der Waals surface area contributed by atoms with Crippen LogP contribution in [-0.2, 0) is 4.79 Å². The molecule has 1 N–H and O–H groups in total. The number of hydrogen-bond acceptors (Lipinski definition) is 8. The molecule has 38 heavy (non-hydrogen) atoms.